The predicted molar refractivity (Wildman–Crippen MR) is 107 cm³/mol. The Morgan fingerprint density at radius 3 is 2.37 bits per heavy atom. The molecule has 7 nitrogen and oxygen atoms in total. The predicted octanol–water partition coefficient (Wildman–Crippen LogP) is 2.99. The fourth-order valence-corrected chi connectivity index (χ4v) is 2.66. The molecule has 0 aliphatic heterocycles. The number of rotatable bonds is 10. The molecule has 0 saturated carbocycles. The molecule has 0 saturated heterocycles. The monoisotopic (exact) mass is 370 g/mol. The Bertz CT molecular complexity index is 750. The Kier molecular flexibility index (Phi) is 7.76. The SMILES string of the molecule is CN(C)CCN(Cc1ccccc1)C(=O)CCNc1ccccc1[N+](=O)[O-]. The maximum absolute atomic E-state index is 12.7. The van der Waals surface area contributed by atoms with Crippen LogP contribution in [0.3, 0.4) is 0 Å². The topological polar surface area (TPSA) is 78.7 Å². The van der Waals surface area contributed by atoms with E-state index in [9.17, 15) is 14.9 Å². The minimum absolute atomic E-state index is 0.0127. The van der Waals surface area contributed by atoms with Gasteiger partial charge < -0.3 is 15.1 Å². The highest BCUT2D eigenvalue weighted by atomic mass is 16.6. The van der Waals surface area contributed by atoms with Crippen molar-refractivity contribution in [3.05, 3.63) is 70.3 Å². The maximum Gasteiger partial charge on any atom is 0.292 e. The first-order valence-corrected chi connectivity index (χ1v) is 8.91. The zero-order chi connectivity index (χ0) is 19.6. The molecule has 0 atom stereocenters. The van der Waals surface area contributed by atoms with E-state index in [1.165, 1.54) is 6.07 Å². The summed E-state index contributed by atoms with van der Waals surface area (Å²) in [5.74, 6) is 0.0202. The normalized spacial score (nSPS) is 10.6. The molecule has 0 aliphatic carbocycles. The quantitative estimate of drug-likeness (QED) is 0.514. The first-order chi connectivity index (χ1) is 13.0. The van der Waals surface area contributed by atoms with Crippen LogP contribution in [0.5, 0.6) is 0 Å². The third kappa shape index (κ3) is 6.71. The number of carbonyl (C=O) groups is 1. The molecule has 1 amide bonds. The summed E-state index contributed by atoms with van der Waals surface area (Å²) in [6.07, 6.45) is 0.270. The van der Waals surface area contributed by atoms with Crippen molar-refractivity contribution in [3.63, 3.8) is 0 Å². The van der Waals surface area contributed by atoms with E-state index < -0.39 is 4.92 Å². The first-order valence-electron chi connectivity index (χ1n) is 8.91. The number of benzene rings is 2. The van der Waals surface area contributed by atoms with E-state index in [4.69, 9.17) is 0 Å². The molecule has 2 aromatic rings. The summed E-state index contributed by atoms with van der Waals surface area (Å²) in [6, 6.07) is 16.3. The van der Waals surface area contributed by atoms with Crippen LogP contribution in [0.15, 0.2) is 54.6 Å². The number of hydrogen-bond donors (Lipinski definition) is 1. The molecule has 1 N–H and O–H groups in total. The van der Waals surface area contributed by atoms with Gasteiger partial charge in [-0.1, -0.05) is 42.5 Å². The fraction of sp³-hybridized carbons (Fsp3) is 0.350. The van der Waals surface area contributed by atoms with Gasteiger partial charge in [-0.2, -0.15) is 0 Å². The van der Waals surface area contributed by atoms with Crippen LogP contribution >= 0.6 is 0 Å². The van der Waals surface area contributed by atoms with Gasteiger partial charge in [0.15, 0.2) is 0 Å². The summed E-state index contributed by atoms with van der Waals surface area (Å²) in [5, 5.41) is 14.1. The van der Waals surface area contributed by atoms with Crippen LogP contribution in [0.1, 0.15) is 12.0 Å². The number of nitrogens with zero attached hydrogens (tertiary/aromatic N) is 3. The van der Waals surface area contributed by atoms with E-state index in [0.29, 0.717) is 25.3 Å². The van der Waals surface area contributed by atoms with Gasteiger partial charge in [0.05, 0.1) is 4.92 Å². The van der Waals surface area contributed by atoms with Crippen molar-refractivity contribution in [1.82, 2.24) is 9.80 Å². The Hall–Kier alpha value is -2.93. The van der Waals surface area contributed by atoms with Crippen molar-refractivity contribution in [2.75, 3.05) is 39.0 Å². The van der Waals surface area contributed by atoms with Gasteiger partial charge >= 0.3 is 0 Å². The van der Waals surface area contributed by atoms with Crippen LogP contribution < -0.4 is 5.32 Å². The van der Waals surface area contributed by atoms with Crippen LogP contribution in [-0.2, 0) is 11.3 Å². The third-order valence-electron chi connectivity index (χ3n) is 4.14. The van der Waals surface area contributed by atoms with E-state index in [1.54, 1.807) is 18.2 Å². The molecule has 144 valence electrons. The van der Waals surface area contributed by atoms with Crippen LogP contribution in [0, 0.1) is 10.1 Å². The van der Waals surface area contributed by atoms with Gasteiger partial charge in [-0.3, -0.25) is 14.9 Å². The highest BCUT2D eigenvalue weighted by Crippen LogP contribution is 2.23. The van der Waals surface area contributed by atoms with Crippen molar-refractivity contribution in [3.8, 4) is 0 Å². The molecule has 0 aliphatic rings. The second-order valence-corrected chi connectivity index (χ2v) is 6.56. The summed E-state index contributed by atoms with van der Waals surface area (Å²) in [7, 11) is 3.95. The molecule has 0 spiro atoms. The van der Waals surface area contributed by atoms with Crippen LogP contribution in [0.2, 0.25) is 0 Å². The van der Waals surface area contributed by atoms with Crippen molar-refractivity contribution >= 4 is 17.3 Å². The summed E-state index contributed by atoms with van der Waals surface area (Å²) in [4.78, 5) is 27.2. The second kappa shape index (κ2) is 10.3. The van der Waals surface area contributed by atoms with Crippen LogP contribution in [0.4, 0.5) is 11.4 Å². The zero-order valence-electron chi connectivity index (χ0n) is 15.8. The Labute approximate surface area is 159 Å². The van der Waals surface area contributed by atoms with E-state index >= 15 is 0 Å². The molecule has 0 fully saturated rings. The lowest BCUT2D eigenvalue weighted by Crippen LogP contribution is -2.37. The van der Waals surface area contributed by atoms with Gasteiger partial charge in [-0.25, -0.2) is 0 Å². The van der Waals surface area contributed by atoms with Gasteiger partial charge in [0.25, 0.3) is 5.69 Å². The Balaban J connectivity index is 1.95. The molecule has 2 rings (SSSR count). The van der Waals surface area contributed by atoms with Crippen molar-refractivity contribution in [1.29, 1.82) is 0 Å². The van der Waals surface area contributed by atoms with Gasteiger partial charge in [0.2, 0.25) is 5.91 Å². The van der Waals surface area contributed by atoms with Crippen molar-refractivity contribution < 1.29 is 9.72 Å². The molecule has 27 heavy (non-hydrogen) atoms. The van der Waals surface area contributed by atoms with Crippen molar-refractivity contribution in [2.24, 2.45) is 0 Å². The second-order valence-electron chi connectivity index (χ2n) is 6.56. The Morgan fingerprint density at radius 1 is 1.04 bits per heavy atom. The fourth-order valence-electron chi connectivity index (χ4n) is 2.66. The summed E-state index contributed by atoms with van der Waals surface area (Å²) < 4.78 is 0. The lowest BCUT2D eigenvalue weighted by atomic mass is 10.2. The number of nitro groups is 1. The van der Waals surface area contributed by atoms with Crippen LogP contribution in [0.25, 0.3) is 0 Å². The largest absolute Gasteiger partial charge is 0.379 e. The molecule has 0 bridgehead atoms. The smallest absolute Gasteiger partial charge is 0.292 e. The Morgan fingerprint density at radius 2 is 1.70 bits per heavy atom. The maximum atomic E-state index is 12.7. The number of carbonyl (C=O) groups excluding carboxylic acids is 1. The lowest BCUT2D eigenvalue weighted by Gasteiger charge is -2.25. The molecular weight excluding hydrogens is 344 g/mol. The molecule has 7 heteroatoms. The van der Waals surface area contributed by atoms with Gasteiger partial charge in [0.1, 0.15) is 5.69 Å². The highest BCUT2D eigenvalue weighted by Gasteiger charge is 2.16. The number of para-hydroxylation sites is 2. The number of likely N-dealkylation sites (N-methyl/N-ethyl adjacent to an activating group) is 1. The molecule has 0 radical (unpaired) electrons. The number of anilines is 1. The van der Waals surface area contributed by atoms with Gasteiger partial charge in [-0.15, -0.1) is 0 Å². The van der Waals surface area contributed by atoms with E-state index in [2.05, 4.69) is 5.32 Å². The minimum atomic E-state index is -0.428. The standard InChI is InChI=1S/C20H26N4O3/c1-22(2)14-15-23(16-17-8-4-3-5-9-17)20(25)12-13-21-18-10-6-7-11-19(18)24(26)27/h3-11,21H,12-16H2,1-2H3. The van der Waals surface area contributed by atoms with E-state index in [1.807, 2.05) is 54.2 Å². The summed E-state index contributed by atoms with van der Waals surface area (Å²) in [6.45, 7) is 2.30. The average molecular weight is 370 g/mol. The van der Waals surface area contributed by atoms with Crippen molar-refractivity contribution in [2.45, 2.75) is 13.0 Å². The minimum Gasteiger partial charge on any atom is -0.379 e. The highest BCUT2D eigenvalue weighted by molar-refractivity contribution is 5.77. The summed E-state index contributed by atoms with van der Waals surface area (Å²) in [5.41, 5.74) is 1.52. The lowest BCUT2D eigenvalue weighted by molar-refractivity contribution is -0.384. The van der Waals surface area contributed by atoms with Crippen LogP contribution in [-0.4, -0.2) is 54.4 Å². The molecule has 0 unspecified atom stereocenters. The van der Waals surface area contributed by atoms with Gasteiger partial charge in [0, 0.05) is 38.7 Å². The first kappa shape index (κ1) is 20.4. The van der Waals surface area contributed by atoms with E-state index in [0.717, 1.165) is 12.1 Å². The number of amides is 1. The third-order valence-corrected chi connectivity index (χ3v) is 4.14. The van der Waals surface area contributed by atoms with Gasteiger partial charge in [-0.05, 0) is 25.7 Å². The molecular formula is C20H26N4O3. The number of nitro benzene ring substituents is 1. The molecule has 0 aromatic heterocycles. The molecule has 0 heterocycles. The zero-order valence-corrected chi connectivity index (χ0v) is 15.8. The van der Waals surface area contributed by atoms with E-state index in [-0.39, 0.29) is 18.0 Å². The number of hydrogen-bond acceptors (Lipinski definition) is 5. The average Bonchev–Trinajstić information content (AvgIpc) is 2.66. The summed E-state index contributed by atoms with van der Waals surface area (Å²) >= 11 is 0. The molecule has 2 aromatic carbocycles. The number of nitrogens with one attached hydrogen (secondary N) is 1.